The fourth-order valence-corrected chi connectivity index (χ4v) is 2.47. The molecule has 0 aliphatic rings. The number of benzene rings is 2. The molecule has 0 bridgehead atoms. The third-order valence-electron chi connectivity index (χ3n) is 2.78. The third kappa shape index (κ3) is 2.66. The Kier molecular flexibility index (Phi) is 3.66. The van der Waals surface area contributed by atoms with Crippen LogP contribution in [0.4, 0.5) is 11.5 Å². The molecule has 0 atom stereocenters. The van der Waals surface area contributed by atoms with Crippen LogP contribution in [0, 0.1) is 0 Å². The highest BCUT2D eigenvalue weighted by molar-refractivity contribution is 6.36. The van der Waals surface area contributed by atoms with Gasteiger partial charge in [0.05, 0.1) is 16.2 Å². The van der Waals surface area contributed by atoms with Crippen molar-refractivity contribution in [1.29, 1.82) is 0 Å². The van der Waals surface area contributed by atoms with Gasteiger partial charge >= 0.3 is 0 Å². The maximum absolute atomic E-state index is 6.14. The Labute approximate surface area is 130 Å². The molecule has 0 aliphatic carbocycles. The van der Waals surface area contributed by atoms with E-state index in [4.69, 9.17) is 34.8 Å². The molecular formula is C14H8Cl3N3. The minimum atomic E-state index is 0.526. The van der Waals surface area contributed by atoms with Gasteiger partial charge in [-0.15, -0.1) is 0 Å². The summed E-state index contributed by atoms with van der Waals surface area (Å²) < 4.78 is 0. The lowest BCUT2D eigenvalue weighted by atomic mass is 10.2. The Hall–Kier alpha value is -1.55. The largest absolute Gasteiger partial charge is 0.338 e. The lowest BCUT2D eigenvalue weighted by Crippen LogP contribution is -1.96. The van der Waals surface area contributed by atoms with Gasteiger partial charge in [0.25, 0.3) is 0 Å². The van der Waals surface area contributed by atoms with E-state index < -0.39 is 0 Å². The number of aromatic nitrogens is 2. The Morgan fingerprint density at radius 3 is 2.40 bits per heavy atom. The zero-order chi connectivity index (χ0) is 14.1. The first-order chi connectivity index (χ1) is 9.63. The van der Waals surface area contributed by atoms with Crippen molar-refractivity contribution in [3.05, 3.63) is 57.8 Å². The number of anilines is 2. The Balaban J connectivity index is 2.06. The molecule has 3 rings (SSSR count). The summed E-state index contributed by atoms with van der Waals surface area (Å²) in [6, 6.07) is 10.7. The molecule has 20 heavy (non-hydrogen) atoms. The highest BCUT2D eigenvalue weighted by Crippen LogP contribution is 2.30. The first-order valence-corrected chi connectivity index (χ1v) is 6.89. The normalized spacial score (nSPS) is 10.8. The highest BCUT2D eigenvalue weighted by atomic mass is 35.5. The summed E-state index contributed by atoms with van der Waals surface area (Å²) in [5, 5.41) is 5.78. The van der Waals surface area contributed by atoms with Gasteiger partial charge in [-0.3, -0.25) is 0 Å². The van der Waals surface area contributed by atoms with E-state index >= 15 is 0 Å². The molecule has 0 aliphatic heterocycles. The molecule has 0 radical (unpaired) electrons. The van der Waals surface area contributed by atoms with Gasteiger partial charge in [0, 0.05) is 15.4 Å². The molecule has 1 aromatic heterocycles. The maximum atomic E-state index is 6.14. The molecule has 3 aromatic rings. The summed E-state index contributed by atoms with van der Waals surface area (Å²) in [7, 11) is 0. The summed E-state index contributed by atoms with van der Waals surface area (Å²) in [6.07, 6.45) is 1.48. The van der Waals surface area contributed by atoms with E-state index in [1.807, 2.05) is 6.07 Å². The molecule has 2 aromatic carbocycles. The first kappa shape index (κ1) is 13.4. The van der Waals surface area contributed by atoms with Crippen molar-refractivity contribution in [2.75, 3.05) is 5.32 Å². The van der Waals surface area contributed by atoms with Crippen molar-refractivity contribution in [3.8, 4) is 0 Å². The van der Waals surface area contributed by atoms with Gasteiger partial charge in [-0.25, -0.2) is 9.97 Å². The number of rotatable bonds is 2. The summed E-state index contributed by atoms with van der Waals surface area (Å²) in [5.41, 5.74) is 1.49. The molecule has 100 valence electrons. The molecule has 0 unspecified atom stereocenters. The summed E-state index contributed by atoms with van der Waals surface area (Å²) in [6.45, 7) is 0. The zero-order valence-electron chi connectivity index (χ0n) is 10.1. The van der Waals surface area contributed by atoms with Crippen LogP contribution in [-0.2, 0) is 0 Å². The third-order valence-corrected chi connectivity index (χ3v) is 3.57. The molecule has 6 heteroatoms. The molecule has 0 saturated heterocycles. The Morgan fingerprint density at radius 2 is 1.60 bits per heavy atom. The molecule has 0 amide bonds. The van der Waals surface area contributed by atoms with E-state index in [1.54, 1.807) is 30.3 Å². The van der Waals surface area contributed by atoms with Crippen molar-refractivity contribution in [2.45, 2.75) is 0 Å². The van der Waals surface area contributed by atoms with E-state index in [-0.39, 0.29) is 0 Å². The van der Waals surface area contributed by atoms with Crippen LogP contribution >= 0.6 is 34.8 Å². The molecule has 0 fully saturated rings. The quantitative estimate of drug-likeness (QED) is 0.692. The SMILES string of the molecule is Clc1ccc(Nc2ncnc3cc(Cl)ccc23)c(Cl)c1. The number of hydrogen-bond donors (Lipinski definition) is 1. The van der Waals surface area contributed by atoms with E-state index in [0.29, 0.717) is 20.9 Å². The van der Waals surface area contributed by atoms with Crippen LogP contribution in [0.3, 0.4) is 0 Å². The monoisotopic (exact) mass is 323 g/mol. The van der Waals surface area contributed by atoms with Crippen molar-refractivity contribution in [1.82, 2.24) is 9.97 Å². The second kappa shape index (κ2) is 5.44. The number of halogens is 3. The van der Waals surface area contributed by atoms with Crippen LogP contribution in [0.1, 0.15) is 0 Å². The fourth-order valence-electron chi connectivity index (χ4n) is 1.85. The van der Waals surface area contributed by atoms with Crippen LogP contribution in [-0.4, -0.2) is 9.97 Å². The topological polar surface area (TPSA) is 37.8 Å². The lowest BCUT2D eigenvalue weighted by Gasteiger charge is -2.10. The van der Waals surface area contributed by atoms with Gasteiger partial charge in [-0.1, -0.05) is 34.8 Å². The molecular weight excluding hydrogens is 317 g/mol. The fraction of sp³-hybridized carbons (Fsp3) is 0. The van der Waals surface area contributed by atoms with Gasteiger partial charge in [-0.2, -0.15) is 0 Å². The molecule has 1 N–H and O–H groups in total. The number of hydrogen-bond acceptors (Lipinski definition) is 3. The smallest absolute Gasteiger partial charge is 0.141 e. The summed E-state index contributed by atoms with van der Waals surface area (Å²) in [4.78, 5) is 8.43. The van der Waals surface area contributed by atoms with Crippen LogP contribution in [0.2, 0.25) is 15.1 Å². The first-order valence-electron chi connectivity index (χ1n) is 5.76. The Bertz CT molecular complexity index is 790. The highest BCUT2D eigenvalue weighted by Gasteiger charge is 2.07. The minimum absolute atomic E-state index is 0.526. The molecule has 0 saturated carbocycles. The van der Waals surface area contributed by atoms with Crippen molar-refractivity contribution >= 4 is 57.2 Å². The Morgan fingerprint density at radius 1 is 0.850 bits per heavy atom. The van der Waals surface area contributed by atoms with Crippen LogP contribution in [0.15, 0.2) is 42.7 Å². The van der Waals surface area contributed by atoms with Gasteiger partial charge in [0.2, 0.25) is 0 Å². The lowest BCUT2D eigenvalue weighted by molar-refractivity contribution is 1.22. The predicted octanol–water partition coefficient (Wildman–Crippen LogP) is 5.33. The molecule has 0 spiro atoms. The molecule has 1 heterocycles. The minimum Gasteiger partial charge on any atom is -0.338 e. The van der Waals surface area contributed by atoms with Gasteiger partial charge < -0.3 is 5.32 Å². The van der Waals surface area contributed by atoms with Gasteiger partial charge in [0.1, 0.15) is 12.1 Å². The van der Waals surface area contributed by atoms with Crippen molar-refractivity contribution in [3.63, 3.8) is 0 Å². The van der Waals surface area contributed by atoms with E-state index in [9.17, 15) is 0 Å². The maximum Gasteiger partial charge on any atom is 0.141 e. The van der Waals surface area contributed by atoms with E-state index in [2.05, 4.69) is 15.3 Å². The average molecular weight is 325 g/mol. The number of nitrogens with one attached hydrogen (secondary N) is 1. The number of fused-ring (bicyclic) bond motifs is 1. The van der Waals surface area contributed by atoms with Crippen LogP contribution in [0.5, 0.6) is 0 Å². The summed E-state index contributed by atoms with van der Waals surface area (Å²) >= 11 is 18.0. The predicted molar refractivity (Wildman–Crippen MR) is 84.3 cm³/mol. The van der Waals surface area contributed by atoms with Gasteiger partial charge in [0.15, 0.2) is 0 Å². The van der Waals surface area contributed by atoms with E-state index in [1.165, 1.54) is 6.33 Å². The van der Waals surface area contributed by atoms with Crippen molar-refractivity contribution < 1.29 is 0 Å². The molecule has 3 nitrogen and oxygen atoms in total. The zero-order valence-corrected chi connectivity index (χ0v) is 12.3. The second-order valence-electron chi connectivity index (χ2n) is 4.13. The number of nitrogens with zero attached hydrogens (tertiary/aromatic N) is 2. The standard InChI is InChI=1S/C14H8Cl3N3/c15-8-2-4-12(11(17)5-8)20-14-10-3-1-9(16)6-13(10)18-7-19-14/h1-7H,(H,18,19,20). The summed E-state index contributed by atoms with van der Waals surface area (Å²) in [5.74, 6) is 0.663. The van der Waals surface area contributed by atoms with E-state index in [0.717, 1.165) is 16.6 Å². The average Bonchev–Trinajstić information content (AvgIpc) is 2.41. The van der Waals surface area contributed by atoms with Gasteiger partial charge in [-0.05, 0) is 36.4 Å². The second-order valence-corrected chi connectivity index (χ2v) is 5.41. The van der Waals surface area contributed by atoms with Crippen LogP contribution in [0.25, 0.3) is 10.9 Å². The van der Waals surface area contributed by atoms with Crippen molar-refractivity contribution in [2.24, 2.45) is 0 Å². The van der Waals surface area contributed by atoms with Crippen LogP contribution < -0.4 is 5.32 Å².